The highest BCUT2D eigenvalue weighted by molar-refractivity contribution is 5.97. The van der Waals surface area contributed by atoms with E-state index in [0.29, 0.717) is 11.6 Å². The fraction of sp³-hybridized carbons (Fsp3) is 0.529. The molecule has 0 bridgehead atoms. The van der Waals surface area contributed by atoms with E-state index in [9.17, 15) is 18.0 Å². The molecular weight excluding hydrogens is 611 g/mol. The molecule has 3 fully saturated rings. The highest BCUT2D eigenvalue weighted by Crippen LogP contribution is 2.52. The summed E-state index contributed by atoms with van der Waals surface area (Å²) in [6, 6.07) is 4.98. The molecule has 10 nitrogen and oxygen atoms in total. The molecule has 1 spiro atoms. The van der Waals surface area contributed by atoms with E-state index in [1.54, 1.807) is 13.8 Å². The van der Waals surface area contributed by atoms with Crippen LogP contribution in [0.3, 0.4) is 0 Å². The Morgan fingerprint density at radius 3 is 2.66 bits per heavy atom. The number of fused-ring (bicyclic) bond motifs is 1. The summed E-state index contributed by atoms with van der Waals surface area (Å²) in [5.74, 6) is 1.15. The monoisotopic (exact) mass is 651 g/mol. The fourth-order valence-electron chi connectivity index (χ4n) is 7.24. The first-order valence-corrected chi connectivity index (χ1v) is 16.3. The van der Waals surface area contributed by atoms with Gasteiger partial charge >= 0.3 is 0 Å². The number of carbonyl (C=O) groups is 1. The second-order valence-electron chi connectivity index (χ2n) is 13.6. The molecule has 250 valence electrons. The van der Waals surface area contributed by atoms with Crippen LogP contribution in [-0.4, -0.2) is 95.0 Å². The van der Waals surface area contributed by atoms with E-state index in [0.717, 1.165) is 93.4 Å². The van der Waals surface area contributed by atoms with Gasteiger partial charge in [-0.1, -0.05) is 0 Å². The third-order valence-electron chi connectivity index (χ3n) is 9.77. The molecule has 0 radical (unpaired) electrons. The number of hydrogen-bond donors (Lipinski definition) is 1. The number of rotatable bonds is 11. The van der Waals surface area contributed by atoms with Gasteiger partial charge in [0.1, 0.15) is 29.7 Å². The number of nitrogens with zero attached hydrogens (tertiary/aromatic N) is 6. The normalized spacial score (nSPS) is 19.3. The van der Waals surface area contributed by atoms with Crippen molar-refractivity contribution in [1.82, 2.24) is 30.1 Å². The number of aromatic nitrogens is 3. The van der Waals surface area contributed by atoms with Gasteiger partial charge in [0.25, 0.3) is 12.3 Å². The molecule has 1 saturated carbocycles. The number of nitrogens with one attached hydrogen (secondary N) is 1. The van der Waals surface area contributed by atoms with Crippen LogP contribution in [0.15, 0.2) is 43.0 Å². The molecule has 1 amide bonds. The number of benzene rings is 1. The van der Waals surface area contributed by atoms with Gasteiger partial charge in [0.15, 0.2) is 11.6 Å². The van der Waals surface area contributed by atoms with Crippen molar-refractivity contribution in [2.45, 2.75) is 58.2 Å². The summed E-state index contributed by atoms with van der Waals surface area (Å²) >= 11 is 0. The first-order valence-electron chi connectivity index (χ1n) is 16.3. The first-order chi connectivity index (χ1) is 22.7. The van der Waals surface area contributed by atoms with Crippen LogP contribution in [0.25, 0.3) is 0 Å². The topological polar surface area (TPSA) is 96.0 Å². The van der Waals surface area contributed by atoms with Crippen molar-refractivity contribution in [3.8, 4) is 17.2 Å². The molecule has 1 N–H and O–H groups in total. The minimum Gasteiger partial charge on any atom is -0.490 e. The minimum atomic E-state index is -2.73. The number of alkyl halides is 2. The van der Waals surface area contributed by atoms with Crippen LogP contribution < -0.4 is 19.7 Å². The molecule has 5 heterocycles. The molecule has 4 aliphatic rings. The van der Waals surface area contributed by atoms with Crippen molar-refractivity contribution in [3.63, 3.8) is 0 Å². The van der Waals surface area contributed by atoms with E-state index in [1.165, 1.54) is 30.2 Å². The standard InChI is InChI=1S/C34H40F3N7O3/c1-21(2)44(17-31(36)37)33(45)25-9-23(35)3-4-28(25)47-30-14-39-20-41-32(30)43-18-34(19-43)10-24(11-34)46-29-5-7-40-27-6-8-42(16-26(27)29)15-22-12-38-13-22/h3-5,7,9,14,20-22,24,31,38H,6,8,10-13,15-19H2,1-2H3. The van der Waals surface area contributed by atoms with Crippen molar-refractivity contribution >= 4 is 11.7 Å². The summed E-state index contributed by atoms with van der Waals surface area (Å²) < 4.78 is 53.5. The zero-order valence-corrected chi connectivity index (χ0v) is 26.7. The second kappa shape index (κ2) is 12.9. The summed E-state index contributed by atoms with van der Waals surface area (Å²) in [6.07, 6.45) is 4.96. The SMILES string of the molecule is CC(C)N(CC(F)F)C(=O)c1cc(F)ccc1Oc1cncnc1N1CC2(CC(Oc3ccnc4c3CN(CC3CNC3)CC4)C2)C1. The lowest BCUT2D eigenvalue weighted by Crippen LogP contribution is -2.65. The summed E-state index contributed by atoms with van der Waals surface area (Å²) in [4.78, 5) is 32.1. The van der Waals surface area contributed by atoms with E-state index < -0.39 is 30.7 Å². The Kier molecular flexibility index (Phi) is 8.69. The Balaban J connectivity index is 0.993. The number of halogens is 3. The summed E-state index contributed by atoms with van der Waals surface area (Å²) in [5, 5.41) is 3.36. The summed E-state index contributed by atoms with van der Waals surface area (Å²) in [6.45, 7) is 9.20. The maximum absolute atomic E-state index is 14.3. The van der Waals surface area contributed by atoms with Crippen LogP contribution >= 0.6 is 0 Å². The lowest BCUT2D eigenvalue weighted by molar-refractivity contribution is -0.0353. The van der Waals surface area contributed by atoms with E-state index in [2.05, 4.69) is 30.1 Å². The molecule has 1 aromatic carbocycles. The average molecular weight is 652 g/mol. The second-order valence-corrected chi connectivity index (χ2v) is 13.6. The Labute approximate surface area is 272 Å². The van der Waals surface area contributed by atoms with Crippen molar-refractivity contribution in [3.05, 3.63) is 65.6 Å². The molecule has 0 unspecified atom stereocenters. The smallest absolute Gasteiger partial charge is 0.258 e. The highest BCUT2D eigenvalue weighted by Gasteiger charge is 2.54. The number of anilines is 1. The number of ether oxygens (including phenoxy) is 2. The van der Waals surface area contributed by atoms with E-state index >= 15 is 0 Å². The summed E-state index contributed by atoms with van der Waals surface area (Å²) in [7, 11) is 0. The van der Waals surface area contributed by atoms with Gasteiger partial charge in [0, 0.05) is 81.1 Å². The Bertz CT molecular complexity index is 1610. The number of pyridine rings is 1. The first kappa shape index (κ1) is 31.6. The van der Waals surface area contributed by atoms with Crippen LogP contribution in [0.2, 0.25) is 0 Å². The predicted octanol–water partition coefficient (Wildman–Crippen LogP) is 4.54. The zero-order valence-electron chi connectivity index (χ0n) is 26.7. The molecule has 0 atom stereocenters. The van der Waals surface area contributed by atoms with Crippen LogP contribution in [0, 0.1) is 17.2 Å². The van der Waals surface area contributed by atoms with Gasteiger partial charge in [-0.3, -0.25) is 14.7 Å². The van der Waals surface area contributed by atoms with E-state index in [-0.39, 0.29) is 22.8 Å². The molecule has 3 aromatic rings. The predicted molar refractivity (Wildman–Crippen MR) is 169 cm³/mol. The molecule has 47 heavy (non-hydrogen) atoms. The molecule has 2 saturated heterocycles. The molecule has 7 rings (SSSR count). The van der Waals surface area contributed by atoms with Crippen LogP contribution in [-0.2, 0) is 13.0 Å². The quantitative estimate of drug-likeness (QED) is 0.321. The number of carbonyl (C=O) groups excluding carboxylic acids is 1. The van der Waals surface area contributed by atoms with E-state index in [1.807, 2.05) is 12.3 Å². The third-order valence-corrected chi connectivity index (χ3v) is 9.77. The highest BCUT2D eigenvalue weighted by atomic mass is 19.3. The molecular formula is C34H40F3N7O3. The van der Waals surface area contributed by atoms with Gasteiger partial charge in [0.2, 0.25) is 0 Å². The molecule has 1 aliphatic carbocycles. The molecule has 3 aliphatic heterocycles. The Morgan fingerprint density at radius 1 is 1.13 bits per heavy atom. The van der Waals surface area contributed by atoms with Gasteiger partial charge in [-0.25, -0.2) is 23.1 Å². The van der Waals surface area contributed by atoms with Gasteiger partial charge in [-0.2, -0.15) is 0 Å². The maximum atomic E-state index is 14.3. The third kappa shape index (κ3) is 6.60. The average Bonchev–Trinajstić information content (AvgIpc) is 2.99. The van der Waals surface area contributed by atoms with Gasteiger partial charge in [-0.05, 0) is 56.9 Å². The van der Waals surface area contributed by atoms with Crippen molar-refractivity contribution in [1.29, 1.82) is 0 Å². The maximum Gasteiger partial charge on any atom is 0.258 e. The van der Waals surface area contributed by atoms with Crippen LogP contribution in [0.5, 0.6) is 17.2 Å². The largest absolute Gasteiger partial charge is 0.490 e. The minimum absolute atomic E-state index is 0.0447. The van der Waals surface area contributed by atoms with Crippen molar-refractivity contribution in [2.24, 2.45) is 11.3 Å². The molecule has 2 aromatic heterocycles. The molecule has 13 heteroatoms. The van der Waals surface area contributed by atoms with Crippen molar-refractivity contribution in [2.75, 3.05) is 50.7 Å². The van der Waals surface area contributed by atoms with Crippen LogP contribution in [0.4, 0.5) is 19.0 Å². The van der Waals surface area contributed by atoms with Crippen LogP contribution in [0.1, 0.15) is 48.3 Å². The Hall–Kier alpha value is -3.97. The fourth-order valence-corrected chi connectivity index (χ4v) is 7.24. The van der Waals surface area contributed by atoms with Gasteiger partial charge in [-0.15, -0.1) is 0 Å². The van der Waals surface area contributed by atoms with Crippen molar-refractivity contribution < 1.29 is 27.4 Å². The van der Waals surface area contributed by atoms with E-state index in [4.69, 9.17) is 9.47 Å². The number of amides is 1. The van der Waals surface area contributed by atoms with Gasteiger partial charge in [0.05, 0.1) is 18.3 Å². The Morgan fingerprint density at radius 2 is 1.94 bits per heavy atom. The lowest BCUT2D eigenvalue weighted by Gasteiger charge is -2.59. The summed E-state index contributed by atoms with van der Waals surface area (Å²) in [5.41, 5.74) is 2.32. The van der Waals surface area contributed by atoms with Gasteiger partial charge < -0.3 is 24.6 Å². The number of hydrogen-bond acceptors (Lipinski definition) is 9. The lowest BCUT2D eigenvalue weighted by atomic mass is 9.61. The zero-order chi connectivity index (χ0) is 32.7.